The molecule has 0 unspecified atom stereocenters. The number of nitrogens with zero attached hydrogens (tertiary/aromatic N) is 3. The van der Waals surface area contributed by atoms with E-state index in [4.69, 9.17) is 11.6 Å². The molecule has 0 saturated heterocycles. The predicted molar refractivity (Wildman–Crippen MR) is 94.2 cm³/mol. The van der Waals surface area contributed by atoms with Crippen LogP contribution in [0.5, 0.6) is 0 Å². The monoisotopic (exact) mass is 348 g/mol. The van der Waals surface area contributed by atoms with Crippen LogP contribution < -0.4 is 5.32 Å². The van der Waals surface area contributed by atoms with Gasteiger partial charge in [-0.3, -0.25) is 4.79 Å². The van der Waals surface area contributed by atoms with Gasteiger partial charge in [0.05, 0.1) is 0 Å². The summed E-state index contributed by atoms with van der Waals surface area (Å²) in [4.78, 5) is 12.1. The summed E-state index contributed by atoms with van der Waals surface area (Å²) in [5.74, 6) is 0.245. The zero-order valence-corrected chi connectivity index (χ0v) is 14.5. The van der Waals surface area contributed by atoms with Crippen LogP contribution in [0.2, 0.25) is 5.02 Å². The topological polar surface area (TPSA) is 59.8 Å². The van der Waals surface area contributed by atoms with Crippen molar-refractivity contribution < 1.29 is 4.79 Å². The molecule has 0 aliphatic carbocycles. The van der Waals surface area contributed by atoms with Crippen molar-refractivity contribution in [2.45, 2.75) is 32.7 Å². The van der Waals surface area contributed by atoms with E-state index in [1.54, 1.807) is 0 Å². The summed E-state index contributed by atoms with van der Waals surface area (Å²) in [6, 6.07) is 7.77. The number of anilines is 1. The van der Waals surface area contributed by atoms with Crippen LogP contribution in [0.15, 0.2) is 30.5 Å². The molecule has 1 amide bonds. The average Bonchev–Trinajstić information content (AvgIpc) is 3.12. The first-order valence-corrected chi connectivity index (χ1v) is 8.60. The van der Waals surface area contributed by atoms with E-state index in [-0.39, 0.29) is 5.91 Å². The van der Waals surface area contributed by atoms with Gasteiger partial charge in [0.15, 0.2) is 0 Å². The second kappa shape index (κ2) is 6.68. The molecule has 23 heavy (non-hydrogen) atoms. The number of hydrogen-bond acceptors (Lipinski definition) is 4. The average molecular weight is 349 g/mol. The fraction of sp³-hybridized carbons (Fsp3) is 0.312. The number of benzene rings is 1. The third-order valence-electron chi connectivity index (χ3n) is 3.50. The van der Waals surface area contributed by atoms with Crippen molar-refractivity contribution >= 4 is 44.9 Å². The number of carbonyl (C=O) groups is 1. The third-order valence-corrected chi connectivity index (χ3v) is 4.87. The molecule has 0 aliphatic rings. The molecule has 5 nitrogen and oxygen atoms in total. The maximum atomic E-state index is 12.1. The second-order valence-electron chi connectivity index (χ2n) is 5.61. The van der Waals surface area contributed by atoms with Gasteiger partial charge in [0.25, 0.3) is 0 Å². The molecule has 3 rings (SSSR count). The summed E-state index contributed by atoms with van der Waals surface area (Å²) in [6.07, 6.45) is 2.34. The van der Waals surface area contributed by atoms with Gasteiger partial charge in [-0.2, -0.15) is 0 Å². The summed E-state index contributed by atoms with van der Waals surface area (Å²) in [5.41, 5.74) is 1.03. The highest BCUT2D eigenvalue weighted by Gasteiger charge is 2.11. The van der Waals surface area contributed by atoms with Crippen LogP contribution in [-0.4, -0.2) is 20.7 Å². The highest BCUT2D eigenvalue weighted by Crippen LogP contribution is 2.23. The maximum absolute atomic E-state index is 12.1. The molecule has 0 fully saturated rings. The molecule has 0 radical (unpaired) electrons. The van der Waals surface area contributed by atoms with Crippen LogP contribution in [0.4, 0.5) is 5.13 Å². The van der Waals surface area contributed by atoms with E-state index in [0.29, 0.717) is 29.0 Å². The highest BCUT2D eigenvalue weighted by molar-refractivity contribution is 7.15. The van der Waals surface area contributed by atoms with Gasteiger partial charge in [-0.05, 0) is 23.6 Å². The standard InChI is InChI=1S/C16H17ClN4OS/c1-10(2)15-19-20-16(23-15)18-14(22)6-8-21-7-5-11-3-4-12(17)9-13(11)21/h3-5,7,9-10H,6,8H2,1-2H3,(H,18,20,22). The van der Waals surface area contributed by atoms with Crippen molar-refractivity contribution in [3.63, 3.8) is 0 Å². The Bertz CT molecular complexity index is 840. The Morgan fingerprint density at radius 3 is 2.91 bits per heavy atom. The number of carbonyl (C=O) groups excluding carboxylic acids is 1. The third kappa shape index (κ3) is 3.71. The maximum Gasteiger partial charge on any atom is 0.227 e. The number of nitrogens with one attached hydrogen (secondary N) is 1. The Labute approximate surface area is 143 Å². The molecule has 120 valence electrons. The minimum Gasteiger partial charge on any atom is -0.347 e. The molecular formula is C16H17ClN4OS. The smallest absolute Gasteiger partial charge is 0.227 e. The van der Waals surface area contributed by atoms with E-state index >= 15 is 0 Å². The molecule has 1 N–H and O–H groups in total. The Kier molecular flexibility index (Phi) is 4.63. The fourth-order valence-electron chi connectivity index (χ4n) is 2.27. The lowest BCUT2D eigenvalue weighted by Crippen LogP contribution is -2.14. The summed E-state index contributed by atoms with van der Waals surface area (Å²) in [7, 11) is 0. The number of aromatic nitrogens is 3. The van der Waals surface area contributed by atoms with Crippen LogP contribution in [-0.2, 0) is 11.3 Å². The fourth-order valence-corrected chi connectivity index (χ4v) is 3.20. The van der Waals surface area contributed by atoms with Gasteiger partial charge in [-0.25, -0.2) is 0 Å². The summed E-state index contributed by atoms with van der Waals surface area (Å²) in [5, 5.41) is 14.1. The lowest BCUT2D eigenvalue weighted by atomic mass is 10.2. The number of amides is 1. The van der Waals surface area contributed by atoms with Crippen LogP contribution in [0, 0.1) is 0 Å². The largest absolute Gasteiger partial charge is 0.347 e. The zero-order chi connectivity index (χ0) is 16.4. The first-order chi connectivity index (χ1) is 11.0. The highest BCUT2D eigenvalue weighted by atomic mass is 35.5. The van der Waals surface area contributed by atoms with Crippen LogP contribution >= 0.6 is 22.9 Å². The number of fused-ring (bicyclic) bond motifs is 1. The molecule has 7 heteroatoms. The molecule has 2 heterocycles. The van der Waals surface area contributed by atoms with E-state index in [2.05, 4.69) is 15.5 Å². The molecule has 0 saturated carbocycles. The van der Waals surface area contributed by atoms with Gasteiger partial charge in [-0.15, -0.1) is 10.2 Å². The minimum absolute atomic E-state index is 0.0691. The predicted octanol–water partition coefficient (Wildman–Crippen LogP) is 4.30. The molecule has 0 atom stereocenters. The Morgan fingerprint density at radius 2 is 2.17 bits per heavy atom. The van der Waals surface area contributed by atoms with Crippen molar-refractivity contribution in [3.05, 3.63) is 40.5 Å². The normalized spacial score (nSPS) is 11.3. The molecule has 0 bridgehead atoms. The van der Waals surface area contributed by atoms with E-state index in [0.717, 1.165) is 15.9 Å². The molecule has 0 spiro atoms. The van der Waals surface area contributed by atoms with Crippen molar-refractivity contribution in [2.24, 2.45) is 0 Å². The van der Waals surface area contributed by atoms with E-state index < -0.39 is 0 Å². The molecule has 1 aromatic carbocycles. The van der Waals surface area contributed by atoms with E-state index in [1.807, 2.05) is 48.9 Å². The van der Waals surface area contributed by atoms with Crippen molar-refractivity contribution in [1.82, 2.24) is 14.8 Å². The molecular weight excluding hydrogens is 332 g/mol. The van der Waals surface area contributed by atoms with Gasteiger partial charge in [0.1, 0.15) is 5.01 Å². The minimum atomic E-state index is -0.0691. The van der Waals surface area contributed by atoms with Gasteiger partial charge < -0.3 is 9.88 Å². The molecule has 0 aliphatic heterocycles. The summed E-state index contributed by atoms with van der Waals surface area (Å²) < 4.78 is 2.03. The SMILES string of the molecule is CC(C)c1nnc(NC(=O)CCn2ccc3ccc(Cl)cc32)s1. The van der Waals surface area contributed by atoms with Crippen molar-refractivity contribution in [2.75, 3.05) is 5.32 Å². The number of halogens is 1. The van der Waals surface area contributed by atoms with Crippen LogP contribution in [0.25, 0.3) is 10.9 Å². The van der Waals surface area contributed by atoms with Crippen LogP contribution in [0.1, 0.15) is 31.2 Å². The lowest BCUT2D eigenvalue weighted by Gasteiger charge is -2.05. The summed E-state index contributed by atoms with van der Waals surface area (Å²) in [6.45, 7) is 4.69. The van der Waals surface area contributed by atoms with Crippen molar-refractivity contribution in [3.8, 4) is 0 Å². The van der Waals surface area contributed by atoms with Crippen LogP contribution in [0.3, 0.4) is 0 Å². The number of hydrogen-bond donors (Lipinski definition) is 1. The first kappa shape index (κ1) is 16.0. The summed E-state index contributed by atoms with van der Waals surface area (Å²) >= 11 is 7.46. The van der Waals surface area contributed by atoms with Gasteiger partial charge in [0, 0.05) is 35.6 Å². The van der Waals surface area contributed by atoms with Gasteiger partial charge >= 0.3 is 0 Å². The second-order valence-corrected chi connectivity index (χ2v) is 7.06. The Hall–Kier alpha value is -1.92. The first-order valence-electron chi connectivity index (χ1n) is 7.40. The number of rotatable bonds is 5. The molecule has 2 aromatic heterocycles. The van der Waals surface area contributed by atoms with Crippen molar-refractivity contribution in [1.29, 1.82) is 0 Å². The Morgan fingerprint density at radius 1 is 1.35 bits per heavy atom. The number of aryl methyl sites for hydroxylation is 1. The lowest BCUT2D eigenvalue weighted by molar-refractivity contribution is -0.116. The van der Waals surface area contributed by atoms with E-state index in [1.165, 1.54) is 11.3 Å². The Balaban J connectivity index is 1.62. The zero-order valence-electron chi connectivity index (χ0n) is 12.9. The molecule has 3 aromatic rings. The quantitative estimate of drug-likeness (QED) is 0.747. The van der Waals surface area contributed by atoms with Gasteiger partial charge in [-0.1, -0.05) is 42.9 Å². The van der Waals surface area contributed by atoms with E-state index in [9.17, 15) is 4.79 Å². The van der Waals surface area contributed by atoms with Gasteiger partial charge in [0.2, 0.25) is 11.0 Å².